The molecule has 0 fully saturated rings. The second-order valence-corrected chi connectivity index (χ2v) is 3.68. The lowest BCUT2D eigenvalue weighted by Gasteiger charge is -2.02. The van der Waals surface area contributed by atoms with E-state index in [1.54, 1.807) is 24.4 Å². The van der Waals surface area contributed by atoms with Crippen molar-refractivity contribution in [1.82, 2.24) is 9.97 Å². The van der Waals surface area contributed by atoms with Crippen LogP contribution in [0.25, 0.3) is 11.3 Å². The summed E-state index contributed by atoms with van der Waals surface area (Å²) in [7, 11) is 0. The van der Waals surface area contributed by atoms with E-state index in [2.05, 4.69) is 9.97 Å². The number of nitrogens with zero attached hydrogens (tertiary/aromatic N) is 2. The largest absolute Gasteiger partial charge is 0.241 e. The first kappa shape index (κ1) is 11.0. The van der Waals surface area contributed by atoms with Gasteiger partial charge in [-0.25, -0.2) is 14.4 Å². The molecule has 1 aromatic carbocycles. The van der Waals surface area contributed by atoms with Crippen LogP contribution >= 0.6 is 11.6 Å². The highest BCUT2D eigenvalue weighted by molar-refractivity contribution is 6.17. The number of benzene rings is 1. The minimum absolute atomic E-state index is 0.251. The fourth-order valence-electron chi connectivity index (χ4n) is 1.39. The number of halogens is 2. The standard InChI is InChI=1S/C12H10ClFN2/c13-7-5-12-15-8-6-11(16-12)9-1-3-10(14)4-2-9/h1-4,6,8H,5,7H2. The van der Waals surface area contributed by atoms with Crippen LogP contribution in [-0.2, 0) is 6.42 Å². The van der Waals surface area contributed by atoms with Crippen LogP contribution in [0, 0.1) is 5.82 Å². The van der Waals surface area contributed by atoms with Gasteiger partial charge in [-0.05, 0) is 30.3 Å². The summed E-state index contributed by atoms with van der Waals surface area (Å²) in [6.45, 7) is 0. The third kappa shape index (κ3) is 2.55. The van der Waals surface area contributed by atoms with Crippen molar-refractivity contribution in [1.29, 1.82) is 0 Å². The zero-order valence-electron chi connectivity index (χ0n) is 8.53. The monoisotopic (exact) mass is 236 g/mol. The summed E-state index contributed by atoms with van der Waals surface area (Å²) in [6.07, 6.45) is 2.32. The molecule has 82 valence electrons. The highest BCUT2D eigenvalue weighted by atomic mass is 35.5. The zero-order chi connectivity index (χ0) is 11.4. The average molecular weight is 237 g/mol. The molecule has 1 heterocycles. The molecule has 0 bridgehead atoms. The molecule has 0 spiro atoms. The minimum atomic E-state index is -0.251. The van der Waals surface area contributed by atoms with E-state index in [0.29, 0.717) is 18.1 Å². The van der Waals surface area contributed by atoms with Gasteiger partial charge in [0.15, 0.2) is 0 Å². The summed E-state index contributed by atoms with van der Waals surface area (Å²) in [6, 6.07) is 8.02. The Morgan fingerprint density at radius 3 is 2.56 bits per heavy atom. The number of rotatable bonds is 3. The summed E-state index contributed by atoms with van der Waals surface area (Å²) in [4.78, 5) is 8.45. The summed E-state index contributed by atoms with van der Waals surface area (Å²) < 4.78 is 12.8. The summed E-state index contributed by atoms with van der Waals surface area (Å²) >= 11 is 5.63. The number of aryl methyl sites for hydroxylation is 1. The van der Waals surface area contributed by atoms with Gasteiger partial charge < -0.3 is 0 Å². The smallest absolute Gasteiger partial charge is 0.130 e. The summed E-state index contributed by atoms with van der Waals surface area (Å²) in [5, 5.41) is 0. The lowest BCUT2D eigenvalue weighted by atomic mass is 10.1. The zero-order valence-corrected chi connectivity index (χ0v) is 9.28. The van der Waals surface area contributed by atoms with Crippen molar-refractivity contribution < 1.29 is 4.39 Å². The molecule has 0 aliphatic rings. The van der Waals surface area contributed by atoms with E-state index in [1.165, 1.54) is 12.1 Å². The van der Waals surface area contributed by atoms with E-state index in [1.807, 2.05) is 0 Å². The first-order valence-corrected chi connectivity index (χ1v) is 5.47. The molecule has 2 aromatic rings. The van der Waals surface area contributed by atoms with Gasteiger partial charge in [-0.3, -0.25) is 0 Å². The van der Waals surface area contributed by atoms with Gasteiger partial charge in [0.25, 0.3) is 0 Å². The Kier molecular flexibility index (Phi) is 3.47. The maximum atomic E-state index is 12.8. The van der Waals surface area contributed by atoms with Gasteiger partial charge in [-0.1, -0.05) is 0 Å². The summed E-state index contributed by atoms with van der Waals surface area (Å²) in [5.41, 5.74) is 1.66. The van der Waals surface area contributed by atoms with E-state index < -0.39 is 0 Å². The van der Waals surface area contributed by atoms with Crippen LogP contribution in [0.15, 0.2) is 36.5 Å². The van der Waals surface area contributed by atoms with Crippen molar-refractivity contribution in [2.24, 2.45) is 0 Å². The number of alkyl halides is 1. The Labute approximate surface area is 98.1 Å². The summed E-state index contributed by atoms with van der Waals surface area (Å²) in [5.74, 6) is 0.947. The van der Waals surface area contributed by atoms with Gasteiger partial charge in [0.05, 0.1) is 5.69 Å². The van der Waals surface area contributed by atoms with E-state index in [4.69, 9.17) is 11.6 Å². The molecule has 0 aliphatic carbocycles. The normalized spacial score (nSPS) is 10.4. The molecule has 4 heteroatoms. The SMILES string of the molecule is Fc1ccc(-c2ccnc(CCCl)n2)cc1. The molecule has 0 aliphatic heterocycles. The van der Waals surface area contributed by atoms with Gasteiger partial charge in [0, 0.05) is 24.1 Å². The maximum absolute atomic E-state index is 12.8. The Hall–Kier alpha value is -1.48. The molecule has 0 amide bonds. The predicted octanol–water partition coefficient (Wildman–Crippen LogP) is 3.06. The molecular weight excluding hydrogens is 227 g/mol. The minimum Gasteiger partial charge on any atom is -0.241 e. The van der Waals surface area contributed by atoms with E-state index >= 15 is 0 Å². The number of aromatic nitrogens is 2. The van der Waals surface area contributed by atoms with Crippen LogP contribution in [0.2, 0.25) is 0 Å². The second kappa shape index (κ2) is 5.03. The van der Waals surface area contributed by atoms with Crippen molar-refractivity contribution >= 4 is 11.6 Å². The molecule has 0 saturated carbocycles. The Balaban J connectivity index is 2.32. The Morgan fingerprint density at radius 2 is 1.88 bits per heavy atom. The third-order valence-corrected chi connectivity index (χ3v) is 2.35. The maximum Gasteiger partial charge on any atom is 0.130 e. The van der Waals surface area contributed by atoms with Crippen LogP contribution in [0.4, 0.5) is 4.39 Å². The van der Waals surface area contributed by atoms with Crippen LogP contribution < -0.4 is 0 Å². The van der Waals surface area contributed by atoms with Gasteiger partial charge in [0.2, 0.25) is 0 Å². The number of hydrogen-bond acceptors (Lipinski definition) is 2. The fraction of sp³-hybridized carbons (Fsp3) is 0.167. The topological polar surface area (TPSA) is 25.8 Å². The van der Waals surface area contributed by atoms with Crippen LogP contribution in [0.3, 0.4) is 0 Å². The van der Waals surface area contributed by atoms with Crippen molar-refractivity contribution in [3.8, 4) is 11.3 Å². The van der Waals surface area contributed by atoms with Gasteiger partial charge in [0.1, 0.15) is 11.6 Å². The molecule has 0 N–H and O–H groups in total. The van der Waals surface area contributed by atoms with Crippen LogP contribution in [0.1, 0.15) is 5.82 Å². The first-order chi connectivity index (χ1) is 7.79. The Morgan fingerprint density at radius 1 is 1.12 bits per heavy atom. The molecule has 2 rings (SSSR count). The molecule has 16 heavy (non-hydrogen) atoms. The highest BCUT2D eigenvalue weighted by Gasteiger charge is 2.02. The van der Waals surface area contributed by atoms with Crippen LogP contribution in [0.5, 0.6) is 0 Å². The average Bonchev–Trinajstić information content (AvgIpc) is 2.31. The van der Waals surface area contributed by atoms with Gasteiger partial charge in [-0.15, -0.1) is 11.6 Å². The van der Waals surface area contributed by atoms with Crippen molar-refractivity contribution in [2.45, 2.75) is 6.42 Å². The first-order valence-electron chi connectivity index (χ1n) is 4.93. The number of hydrogen-bond donors (Lipinski definition) is 0. The quantitative estimate of drug-likeness (QED) is 0.766. The molecular formula is C12H10ClFN2. The predicted molar refractivity (Wildman–Crippen MR) is 61.9 cm³/mol. The van der Waals surface area contributed by atoms with E-state index in [9.17, 15) is 4.39 Å². The van der Waals surface area contributed by atoms with Gasteiger partial charge in [-0.2, -0.15) is 0 Å². The van der Waals surface area contributed by atoms with Crippen molar-refractivity contribution in [2.75, 3.05) is 5.88 Å². The van der Waals surface area contributed by atoms with Crippen LogP contribution in [-0.4, -0.2) is 15.8 Å². The second-order valence-electron chi connectivity index (χ2n) is 3.30. The van der Waals surface area contributed by atoms with Crippen molar-refractivity contribution in [3.05, 3.63) is 48.2 Å². The van der Waals surface area contributed by atoms with E-state index in [-0.39, 0.29) is 5.82 Å². The molecule has 2 nitrogen and oxygen atoms in total. The molecule has 1 aromatic heterocycles. The highest BCUT2D eigenvalue weighted by Crippen LogP contribution is 2.16. The lowest BCUT2D eigenvalue weighted by Crippen LogP contribution is -1.97. The lowest BCUT2D eigenvalue weighted by molar-refractivity contribution is 0.628. The molecule has 0 radical (unpaired) electrons. The third-order valence-electron chi connectivity index (χ3n) is 2.16. The van der Waals surface area contributed by atoms with Gasteiger partial charge >= 0.3 is 0 Å². The molecule has 0 saturated heterocycles. The van der Waals surface area contributed by atoms with Crippen molar-refractivity contribution in [3.63, 3.8) is 0 Å². The van der Waals surface area contributed by atoms with E-state index in [0.717, 1.165) is 11.3 Å². The fourth-order valence-corrected chi connectivity index (χ4v) is 1.55. The molecule has 0 atom stereocenters. The Bertz CT molecular complexity index is 471. The molecule has 0 unspecified atom stereocenters.